The minimum atomic E-state index is 0.566. The standard InChI is InChI=1S/C9H10NO/c1-8-2-4-9(5-3-8)6-7-10-11/h2-5,11H,6H2,1H3. The highest BCUT2D eigenvalue weighted by molar-refractivity contribution is 5.60. The molecule has 11 heavy (non-hydrogen) atoms. The molecule has 2 nitrogen and oxygen atoms in total. The minimum absolute atomic E-state index is 0.566. The van der Waals surface area contributed by atoms with E-state index in [1.165, 1.54) is 5.56 Å². The van der Waals surface area contributed by atoms with Crippen LogP contribution in [0.2, 0.25) is 0 Å². The predicted octanol–water partition coefficient (Wildman–Crippen LogP) is 1.87. The molecule has 1 aromatic carbocycles. The fourth-order valence-electron chi connectivity index (χ4n) is 0.833. The van der Waals surface area contributed by atoms with E-state index in [1.807, 2.05) is 31.2 Å². The quantitative estimate of drug-likeness (QED) is 0.387. The van der Waals surface area contributed by atoms with Crippen molar-refractivity contribution in [3.8, 4) is 0 Å². The molecule has 0 bridgehead atoms. The number of aryl methyl sites for hydroxylation is 1. The molecule has 0 aliphatic carbocycles. The van der Waals surface area contributed by atoms with Crippen molar-refractivity contribution in [2.75, 3.05) is 0 Å². The summed E-state index contributed by atoms with van der Waals surface area (Å²) in [7, 11) is 0. The Morgan fingerprint density at radius 3 is 2.55 bits per heavy atom. The van der Waals surface area contributed by atoms with Gasteiger partial charge in [-0.2, -0.15) is 0 Å². The van der Waals surface area contributed by atoms with E-state index < -0.39 is 0 Å². The van der Waals surface area contributed by atoms with E-state index in [2.05, 4.69) is 11.4 Å². The van der Waals surface area contributed by atoms with E-state index >= 15 is 0 Å². The molecule has 0 unspecified atom stereocenters. The van der Waals surface area contributed by atoms with Crippen LogP contribution in [0.15, 0.2) is 29.4 Å². The maximum atomic E-state index is 8.10. The second-order valence-electron chi connectivity index (χ2n) is 2.42. The Morgan fingerprint density at radius 1 is 1.36 bits per heavy atom. The first kappa shape index (κ1) is 7.79. The van der Waals surface area contributed by atoms with E-state index in [-0.39, 0.29) is 0 Å². The summed E-state index contributed by atoms with van der Waals surface area (Å²) in [6.07, 6.45) is 3.03. The number of benzene rings is 1. The summed E-state index contributed by atoms with van der Waals surface area (Å²) >= 11 is 0. The zero-order valence-electron chi connectivity index (χ0n) is 6.41. The second-order valence-corrected chi connectivity index (χ2v) is 2.42. The molecule has 57 valence electrons. The number of nitrogens with zero attached hydrogens (tertiary/aromatic N) is 1. The Balaban J connectivity index is 2.66. The van der Waals surface area contributed by atoms with Crippen LogP contribution in [-0.4, -0.2) is 11.4 Å². The van der Waals surface area contributed by atoms with E-state index in [1.54, 1.807) is 0 Å². The van der Waals surface area contributed by atoms with Crippen LogP contribution in [0.3, 0.4) is 0 Å². The molecule has 1 rings (SSSR count). The fourth-order valence-corrected chi connectivity index (χ4v) is 0.833. The number of hydrogen-bond donors (Lipinski definition) is 1. The van der Waals surface area contributed by atoms with E-state index in [0.717, 1.165) is 5.56 Å². The third-order valence-electron chi connectivity index (χ3n) is 1.47. The Kier molecular flexibility index (Phi) is 2.66. The van der Waals surface area contributed by atoms with E-state index in [4.69, 9.17) is 5.21 Å². The van der Waals surface area contributed by atoms with Gasteiger partial charge >= 0.3 is 0 Å². The Hall–Kier alpha value is -1.31. The van der Waals surface area contributed by atoms with Gasteiger partial charge in [0.2, 0.25) is 0 Å². The fraction of sp³-hybridized carbons (Fsp3) is 0.222. The van der Waals surface area contributed by atoms with Crippen molar-refractivity contribution in [2.45, 2.75) is 13.3 Å². The van der Waals surface area contributed by atoms with Crippen molar-refractivity contribution in [3.05, 3.63) is 35.4 Å². The van der Waals surface area contributed by atoms with Crippen molar-refractivity contribution < 1.29 is 5.21 Å². The van der Waals surface area contributed by atoms with Gasteiger partial charge in [-0.1, -0.05) is 35.0 Å². The van der Waals surface area contributed by atoms with Crippen molar-refractivity contribution in [1.29, 1.82) is 0 Å². The first-order valence-corrected chi connectivity index (χ1v) is 3.45. The van der Waals surface area contributed by atoms with Gasteiger partial charge in [0.15, 0.2) is 0 Å². The summed E-state index contributed by atoms with van der Waals surface area (Å²) in [4.78, 5) is 0. The molecule has 0 spiro atoms. The highest BCUT2D eigenvalue weighted by Crippen LogP contribution is 2.02. The lowest BCUT2D eigenvalue weighted by molar-refractivity contribution is 0.321. The molecule has 1 aromatic rings. The average Bonchev–Trinajstić information content (AvgIpc) is 2.04. The highest BCUT2D eigenvalue weighted by Gasteiger charge is 1.88. The molecule has 0 aliphatic heterocycles. The van der Waals surface area contributed by atoms with Crippen LogP contribution >= 0.6 is 0 Å². The van der Waals surface area contributed by atoms with Crippen LogP contribution < -0.4 is 0 Å². The van der Waals surface area contributed by atoms with Gasteiger partial charge in [-0.15, -0.1) is 0 Å². The Morgan fingerprint density at radius 2 is 2.00 bits per heavy atom. The largest absolute Gasteiger partial charge is 0.411 e. The lowest BCUT2D eigenvalue weighted by atomic mass is 10.1. The van der Waals surface area contributed by atoms with Gasteiger partial charge in [-0.05, 0) is 12.5 Å². The van der Waals surface area contributed by atoms with Crippen LogP contribution in [0.25, 0.3) is 0 Å². The smallest absolute Gasteiger partial charge is 0.109 e. The summed E-state index contributed by atoms with van der Waals surface area (Å²) in [5.41, 5.74) is 2.34. The molecule has 1 radical (unpaired) electrons. The second kappa shape index (κ2) is 3.76. The van der Waals surface area contributed by atoms with Crippen LogP contribution in [0.1, 0.15) is 11.1 Å². The predicted molar refractivity (Wildman–Crippen MR) is 44.1 cm³/mol. The van der Waals surface area contributed by atoms with Gasteiger partial charge < -0.3 is 5.21 Å². The molecule has 0 atom stereocenters. The molecule has 0 fully saturated rings. The first-order valence-electron chi connectivity index (χ1n) is 3.45. The van der Waals surface area contributed by atoms with Gasteiger partial charge in [-0.25, -0.2) is 0 Å². The molecule has 1 N–H and O–H groups in total. The minimum Gasteiger partial charge on any atom is -0.411 e. The SMILES string of the molecule is Cc1ccc(C[C]=NO)cc1. The molecular weight excluding hydrogens is 138 g/mol. The van der Waals surface area contributed by atoms with Gasteiger partial charge in [0.05, 0.1) is 0 Å². The van der Waals surface area contributed by atoms with E-state index in [0.29, 0.717) is 6.42 Å². The number of rotatable bonds is 2. The zero-order valence-corrected chi connectivity index (χ0v) is 6.41. The topological polar surface area (TPSA) is 32.6 Å². The van der Waals surface area contributed by atoms with Crippen molar-refractivity contribution in [1.82, 2.24) is 0 Å². The zero-order chi connectivity index (χ0) is 8.10. The highest BCUT2D eigenvalue weighted by atomic mass is 16.4. The molecule has 0 aromatic heterocycles. The molecule has 2 heteroatoms. The normalized spacial score (nSPS) is 10.6. The van der Waals surface area contributed by atoms with Gasteiger partial charge in [0.1, 0.15) is 6.21 Å². The average molecular weight is 148 g/mol. The third-order valence-corrected chi connectivity index (χ3v) is 1.47. The third kappa shape index (κ3) is 2.42. The Labute approximate surface area is 66.2 Å². The lowest BCUT2D eigenvalue weighted by Crippen LogP contribution is -1.85. The van der Waals surface area contributed by atoms with Crippen molar-refractivity contribution >= 4 is 6.21 Å². The lowest BCUT2D eigenvalue weighted by Gasteiger charge is -1.94. The summed E-state index contributed by atoms with van der Waals surface area (Å²) in [5, 5.41) is 10.9. The molecule has 0 amide bonds. The maximum Gasteiger partial charge on any atom is 0.109 e. The summed E-state index contributed by atoms with van der Waals surface area (Å²) in [5.74, 6) is 0. The Bertz CT molecular complexity index is 238. The molecular formula is C9H10NO. The van der Waals surface area contributed by atoms with Crippen molar-refractivity contribution in [2.24, 2.45) is 5.16 Å². The maximum absolute atomic E-state index is 8.10. The monoisotopic (exact) mass is 148 g/mol. The molecule has 0 aliphatic rings. The van der Waals surface area contributed by atoms with Crippen LogP contribution in [0.4, 0.5) is 0 Å². The van der Waals surface area contributed by atoms with Gasteiger partial charge in [0, 0.05) is 6.42 Å². The van der Waals surface area contributed by atoms with Crippen molar-refractivity contribution in [3.63, 3.8) is 0 Å². The molecule has 0 saturated carbocycles. The molecule has 0 saturated heterocycles. The summed E-state index contributed by atoms with van der Waals surface area (Å²) in [6.45, 7) is 2.04. The van der Waals surface area contributed by atoms with Crippen LogP contribution in [-0.2, 0) is 6.42 Å². The van der Waals surface area contributed by atoms with Crippen LogP contribution in [0.5, 0.6) is 0 Å². The van der Waals surface area contributed by atoms with Crippen LogP contribution in [0, 0.1) is 6.92 Å². The van der Waals surface area contributed by atoms with E-state index in [9.17, 15) is 0 Å². The summed E-state index contributed by atoms with van der Waals surface area (Å²) in [6, 6.07) is 8.03. The number of hydrogen-bond acceptors (Lipinski definition) is 2. The van der Waals surface area contributed by atoms with Gasteiger partial charge in [-0.3, -0.25) is 0 Å². The molecule has 0 heterocycles. The first-order chi connectivity index (χ1) is 5.33. The van der Waals surface area contributed by atoms with Gasteiger partial charge in [0.25, 0.3) is 0 Å². The summed E-state index contributed by atoms with van der Waals surface area (Å²) < 4.78 is 0.